The first-order valence-corrected chi connectivity index (χ1v) is 8.66. The van der Waals surface area contributed by atoms with Crippen LogP contribution in [0.3, 0.4) is 0 Å². The third-order valence-electron chi connectivity index (χ3n) is 3.56. The predicted molar refractivity (Wildman–Crippen MR) is 103 cm³/mol. The monoisotopic (exact) mass is 416 g/mol. The molecular formula is C19H14BrClN2O2. The molecule has 0 radical (unpaired) electrons. The largest absolute Gasteiger partial charge is 0.455 e. The average Bonchev–Trinajstić information content (AvgIpc) is 3.06. The number of furan rings is 1. The molecule has 25 heavy (non-hydrogen) atoms. The highest BCUT2D eigenvalue weighted by Crippen LogP contribution is 2.26. The summed E-state index contributed by atoms with van der Waals surface area (Å²) in [6.45, 7) is 1.94. The van der Waals surface area contributed by atoms with E-state index in [4.69, 9.17) is 16.0 Å². The van der Waals surface area contributed by atoms with Crippen LogP contribution in [0.25, 0.3) is 11.3 Å². The minimum absolute atomic E-state index is 0.305. The van der Waals surface area contributed by atoms with Gasteiger partial charge in [-0.15, -0.1) is 0 Å². The molecule has 2 aromatic carbocycles. The Morgan fingerprint density at radius 1 is 1.20 bits per heavy atom. The van der Waals surface area contributed by atoms with E-state index in [2.05, 4.69) is 26.5 Å². The van der Waals surface area contributed by atoms with Gasteiger partial charge in [0.05, 0.1) is 11.8 Å². The molecule has 0 saturated carbocycles. The fourth-order valence-corrected chi connectivity index (χ4v) is 2.83. The molecule has 126 valence electrons. The van der Waals surface area contributed by atoms with E-state index in [1.165, 1.54) is 6.21 Å². The number of carbonyl (C=O) groups excluding carboxylic acids is 1. The number of rotatable bonds is 4. The molecule has 1 amide bonds. The molecule has 0 fully saturated rings. The van der Waals surface area contributed by atoms with Crippen molar-refractivity contribution in [2.75, 3.05) is 0 Å². The fourth-order valence-electron chi connectivity index (χ4n) is 2.18. The smallest absolute Gasteiger partial charge is 0.272 e. The number of hydrogen-bond donors (Lipinski definition) is 1. The summed E-state index contributed by atoms with van der Waals surface area (Å²) < 4.78 is 6.41. The Bertz CT molecular complexity index is 950. The minimum Gasteiger partial charge on any atom is -0.455 e. The third kappa shape index (κ3) is 4.18. The molecule has 0 saturated heterocycles. The van der Waals surface area contributed by atoms with E-state index in [-0.39, 0.29) is 5.91 Å². The molecule has 1 heterocycles. The van der Waals surface area contributed by atoms with Crippen molar-refractivity contribution in [3.8, 4) is 11.3 Å². The minimum atomic E-state index is -0.305. The second kappa shape index (κ2) is 7.68. The van der Waals surface area contributed by atoms with Crippen molar-refractivity contribution in [3.63, 3.8) is 0 Å². The van der Waals surface area contributed by atoms with E-state index in [9.17, 15) is 4.79 Å². The molecule has 0 aliphatic rings. The van der Waals surface area contributed by atoms with Crippen molar-refractivity contribution >= 4 is 39.7 Å². The fraction of sp³-hybridized carbons (Fsp3) is 0.0526. The van der Waals surface area contributed by atoms with Crippen molar-refractivity contribution < 1.29 is 9.21 Å². The number of halogens is 2. The summed E-state index contributed by atoms with van der Waals surface area (Å²) in [6, 6.07) is 16.5. The van der Waals surface area contributed by atoms with Gasteiger partial charge in [0.1, 0.15) is 11.5 Å². The van der Waals surface area contributed by atoms with Crippen LogP contribution in [0.15, 0.2) is 68.6 Å². The van der Waals surface area contributed by atoms with Gasteiger partial charge in [-0.3, -0.25) is 4.79 Å². The van der Waals surface area contributed by atoms with Crippen LogP contribution in [-0.2, 0) is 0 Å². The summed E-state index contributed by atoms with van der Waals surface area (Å²) in [4.78, 5) is 12.1. The molecule has 0 spiro atoms. The number of carbonyl (C=O) groups is 1. The second-order valence-corrected chi connectivity index (χ2v) is 6.61. The standard InChI is InChI=1S/C19H14BrClN2O2/c1-12-6-7-13(10-17(12)21)18-9-8-14(25-18)11-22-23-19(24)15-4-2-3-5-16(15)20/h2-11H,1H3,(H,23,24)/b22-11-. The highest BCUT2D eigenvalue weighted by atomic mass is 79.9. The van der Waals surface area contributed by atoms with Crippen molar-refractivity contribution in [1.82, 2.24) is 5.43 Å². The van der Waals surface area contributed by atoms with E-state index < -0.39 is 0 Å². The molecule has 0 aliphatic heterocycles. The lowest BCUT2D eigenvalue weighted by Gasteiger charge is -2.01. The van der Waals surface area contributed by atoms with Gasteiger partial charge in [0.2, 0.25) is 0 Å². The van der Waals surface area contributed by atoms with Crippen LogP contribution in [0, 0.1) is 6.92 Å². The van der Waals surface area contributed by atoms with Gasteiger partial charge in [0.25, 0.3) is 5.91 Å². The molecular weight excluding hydrogens is 404 g/mol. The molecule has 1 N–H and O–H groups in total. The first-order valence-electron chi connectivity index (χ1n) is 7.49. The summed E-state index contributed by atoms with van der Waals surface area (Å²) in [5.41, 5.74) is 4.87. The number of hydrogen-bond acceptors (Lipinski definition) is 3. The summed E-state index contributed by atoms with van der Waals surface area (Å²) >= 11 is 9.47. The third-order valence-corrected chi connectivity index (χ3v) is 4.66. The zero-order chi connectivity index (χ0) is 17.8. The number of benzene rings is 2. The molecule has 0 atom stereocenters. The lowest BCUT2D eigenvalue weighted by Crippen LogP contribution is -2.17. The first kappa shape index (κ1) is 17.5. The van der Waals surface area contributed by atoms with Crippen LogP contribution in [-0.4, -0.2) is 12.1 Å². The van der Waals surface area contributed by atoms with Crippen LogP contribution < -0.4 is 5.43 Å². The van der Waals surface area contributed by atoms with Gasteiger partial charge in [0.15, 0.2) is 0 Å². The number of amides is 1. The maximum atomic E-state index is 12.1. The van der Waals surface area contributed by atoms with Gasteiger partial charge in [-0.1, -0.05) is 35.9 Å². The first-order chi connectivity index (χ1) is 12.0. The SMILES string of the molecule is Cc1ccc(-c2ccc(/C=N\NC(=O)c3ccccc3Br)o2)cc1Cl. The maximum Gasteiger partial charge on any atom is 0.272 e. The highest BCUT2D eigenvalue weighted by Gasteiger charge is 2.08. The topological polar surface area (TPSA) is 54.6 Å². The quantitative estimate of drug-likeness (QED) is 0.454. The maximum absolute atomic E-state index is 12.1. The van der Waals surface area contributed by atoms with Gasteiger partial charge in [-0.05, 0) is 58.7 Å². The summed E-state index contributed by atoms with van der Waals surface area (Å²) in [6.07, 6.45) is 1.45. The van der Waals surface area contributed by atoms with Gasteiger partial charge in [-0.25, -0.2) is 5.43 Å². The second-order valence-electron chi connectivity index (χ2n) is 5.34. The summed E-state index contributed by atoms with van der Waals surface area (Å²) in [5.74, 6) is 0.903. The Hall–Kier alpha value is -2.37. The molecule has 3 aromatic rings. The Labute approximate surface area is 158 Å². The molecule has 0 aliphatic carbocycles. The Morgan fingerprint density at radius 2 is 2.00 bits per heavy atom. The van der Waals surface area contributed by atoms with Gasteiger partial charge < -0.3 is 4.42 Å². The van der Waals surface area contributed by atoms with Crippen molar-refractivity contribution in [2.45, 2.75) is 6.92 Å². The van der Waals surface area contributed by atoms with Crippen molar-refractivity contribution in [2.24, 2.45) is 5.10 Å². The molecule has 0 unspecified atom stereocenters. The van der Waals surface area contributed by atoms with Crippen LogP contribution >= 0.6 is 27.5 Å². The Morgan fingerprint density at radius 3 is 2.76 bits per heavy atom. The van der Waals surface area contributed by atoms with Crippen LogP contribution in [0.2, 0.25) is 5.02 Å². The predicted octanol–water partition coefficient (Wildman–Crippen LogP) is 5.43. The molecule has 0 bridgehead atoms. The van der Waals surface area contributed by atoms with E-state index in [0.717, 1.165) is 11.1 Å². The van der Waals surface area contributed by atoms with E-state index >= 15 is 0 Å². The average molecular weight is 418 g/mol. The van der Waals surface area contributed by atoms with Crippen LogP contribution in [0.4, 0.5) is 0 Å². The number of nitrogens with one attached hydrogen (secondary N) is 1. The van der Waals surface area contributed by atoms with Crippen molar-refractivity contribution in [1.29, 1.82) is 0 Å². The molecule has 4 nitrogen and oxygen atoms in total. The van der Waals surface area contributed by atoms with E-state index in [0.29, 0.717) is 26.6 Å². The lowest BCUT2D eigenvalue weighted by atomic mass is 10.1. The van der Waals surface area contributed by atoms with Gasteiger partial charge in [-0.2, -0.15) is 5.10 Å². The number of aryl methyl sites for hydroxylation is 1. The Kier molecular flexibility index (Phi) is 5.36. The number of nitrogens with zero attached hydrogens (tertiary/aromatic N) is 1. The molecule has 6 heteroatoms. The summed E-state index contributed by atoms with van der Waals surface area (Å²) in [5, 5.41) is 4.62. The van der Waals surface area contributed by atoms with Gasteiger partial charge in [0, 0.05) is 15.1 Å². The zero-order valence-corrected chi connectivity index (χ0v) is 15.6. The normalized spacial score (nSPS) is 11.0. The molecule has 1 aromatic heterocycles. The highest BCUT2D eigenvalue weighted by molar-refractivity contribution is 9.10. The van der Waals surface area contributed by atoms with Crippen LogP contribution in [0.5, 0.6) is 0 Å². The van der Waals surface area contributed by atoms with Crippen molar-refractivity contribution in [3.05, 3.63) is 81.0 Å². The Balaban J connectivity index is 1.69. The van der Waals surface area contributed by atoms with E-state index in [1.54, 1.807) is 24.3 Å². The summed E-state index contributed by atoms with van der Waals surface area (Å²) in [7, 11) is 0. The van der Waals surface area contributed by atoms with Gasteiger partial charge >= 0.3 is 0 Å². The van der Waals surface area contributed by atoms with Crippen LogP contribution in [0.1, 0.15) is 21.7 Å². The number of hydrazone groups is 1. The molecule has 3 rings (SSSR count). The van der Waals surface area contributed by atoms with E-state index in [1.807, 2.05) is 37.3 Å². The lowest BCUT2D eigenvalue weighted by molar-refractivity contribution is 0.0954. The zero-order valence-electron chi connectivity index (χ0n) is 13.3.